The van der Waals surface area contributed by atoms with Gasteiger partial charge in [-0.05, 0) is 19.1 Å². The highest BCUT2D eigenvalue weighted by molar-refractivity contribution is 5.94. The first-order valence-electron chi connectivity index (χ1n) is 5.44. The van der Waals surface area contributed by atoms with Gasteiger partial charge < -0.3 is 15.6 Å². The van der Waals surface area contributed by atoms with Crippen LogP contribution in [0.15, 0.2) is 30.5 Å². The molecule has 0 saturated heterocycles. The molecular weight excluding hydrogens is 234 g/mol. The van der Waals surface area contributed by atoms with Crippen LogP contribution in [0.4, 0.5) is 5.69 Å². The van der Waals surface area contributed by atoms with Crippen molar-refractivity contribution in [2.75, 3.05) is 5.73 Å². The van der Waals surface area contributed by atoms with Crippen LogP contribution in [0.5, 0.6) is 11.5 Å². The highest BCUT2D eigenvalue weighted by Gasteiger charge is 2.18. The summed E-state index contributed by atoms with van der Waals surface area (Å²) in [5.74, 6) is -0.321. The van der Waals surface area contributed by atoms with Crippen LogP contribution in [0.25, 0.3) is 0 Å². The summed E-state index contributed by atoms with van der Waals surface area (Å²) in [4.78, 5) is 11.9. The highest BCUT2D eigenvalue weighted by Crippen LogP contribution is 2.20. The molecule has 0 aliphatic carbocycles. The number of carbonyl (C=O) groups is 1. The third-order valence-electron chi connectivity index (χ3n) is 2.39. The highest BCUT2D eigenvalue weighted by atomic mass is 16.5. The van der Waals surface area contributed by atoms with Gasteiger partial charge in [0, 0.05) is 12.6 Å². The molecule has 94 valence electrons. The molecule has 18 heavy (non-hydrogen) atoms. The van der Waals surface area contributed by atoms with Gasteiger partial charge in [0.2, 0.25) is 0 Å². The molecule has 6 heteroatoms. The molecule has 1 aromatic heterocycles. The molecule has 0 bridgehead atoms. The molecule has 0 fully saturated rings. The van der Waals surface area contributed by atoms with Gasteiger partial charge in [-0.3, -0.25) is 4.68 Å². The molecular formula is C12H13N3O3. The van der Waals surface area contributed by atoms with E-state index >= 15 is 0 Å². The van der Waals surface area contributed by atoms with E-state index in [0.717, 1.165) is 0 Å². The third kappa shape index (κ3) is 2.27. The fourth-order valence-electron chi connectivity index (χ4n) is 1.57. The quantitative estimate of drug-likeness (QED) is 0.632. The van der Waals surface area contributed by atoms with E-state index in [-0.39, 0.29) is 22.9 Å². The second kappa shape index (κ2) is 4.79. The number of carbonyl (C=O) groups excluding carboxylic acids is 1. The molecule has 2 rings (SSSR count). The molecule has 0 aliphatic heterocycles. The molecule has 0 radical (unpaired) electrons. The minimum absolute atomic E-state index is 0.0253. The van der Waals surface area contributed by atoms with Crippen LogP contribution in [0.3, 0.4) is 0 Å². The number of hydrogen-bond acceptors (Lipinski definition) is 5. The molecule has 1 aromatic carbocycles. The smallest absolute Gasteiger partial charge is 0.364 e. The number of ether oxygens (including phenoxy) is 1. The summed E-state index contributed by atoms with van der Waals surface area (Å²) < 4.78 is 6.58. The van der Waals surface area contributed by atoms with Gasteiger partial charge in [0.1, 0.15) is 11.5 Å². The molecule has 0 aliphatic rings. The first kappa shape index (κ1) is 12.0. The molecule has 0 spiro atoms. The Labute approximate surface area is 104 Å². The summed E-state index contributed by atoms with van der Waals surface area (Å²) >= 11 is 0. The zero-order valence-corrected chi connectivity index (χ0v) is 9.83. The number of nitrogen functional groups attached to an aromatic ring is 1. The molecule has 0 saturated carbocycles. The number of rotatable bonds is 3. The van der Waals surface area contributed by atoms with E-state index in [1.807, 2.05) is 6.92 Å². The van der Waals surface area contributed by atoms with E-state index < -0.39 is 5.97 Å². The van der Waals surface area contributed by atoms with E-state index in [2.05, 4.69) is 5.10 Å². The summed E-state index contributed by atoms with van der Waals surface area (Å²) in [5, 5.41) is 13.2. The van der Waals surface area contributed by atoms with Crippen LogP contribution in [0.1, 0.15) is 17.4 Å². The van der Waals surface area contributed by atoms with Crippen molar-refractivity contribution in [3.8, 4) is 11.5 Å². The Morgan fingerprint density at radius 1 is 1.56 bits per heavy atom. The van der Waals surface area contributed by atoms with Crippen molar-refractivity contribution in [3.05, 3.63) is 36.2 Å². The number of hydrogen-bond donors (Lipinski definition) is 2. The molecule has 0 amide bonds. The molecule has 1 heterocycles. The fourth-order valence-corrected chi connectivity index (χ4v) is 1.57. The van der Waals surface area contributed by atoms with Crippen molar-refractivity contribution in [2.45, 2.75) is 13.5 Å². The number of phenolic OH excluding ortho intramolecular Hbond substituents is 1. The van der Waals surface area contributed by atoms with Gasteiger partial charge >= 0.3 is 5.97 Å². The molecule has 0 atom stereocenters. The number of anilines is 1. The van der Waals surface area contributed by atoms with Gasteiger partial charge in [-0.15, -0.1) is 0 Å². The zero-order valence-electron chi connectivity index (χ0n) is 9.83. The van der Waals surface area contributed by atoms with Gasteiger partial charge in [-0.2, -0.15) is 5.10 Å². The van der Waals surface area contributed by atoms with Gasteiger partial charge in [-0.25, -0.2) is 4.79 Å². The largest absolute Gasteiger partial charge is 0.508 e. The lowest BCUT2D eigenvalue weighted by Gasteiger charge is -2.06. The Hall–Kier alpha value is -2.50. The Morgan fingerprint density at radius 3 is 3.00 bits per heavy atom. The lowest BCUT2D eigenvalue weighted by molar-refractivity contribution is 0.0723. The van der Waals surface area contributed by atoms with E-state index in [4.69, 9.17) is 10.5 Å². The summed E-state index contributed by atoms with van der Waals surface area (Å²) in [7, 11) is 0. The Bertz CT molecular complexity index is 578. The number of nitrogens with zero attached hydrogens (tertiary/aromatic N) is 2. The van der Waals surface area contributed by atoms with Crippen molar-refractivity contribution >= 4 is 11.7 Å². The number of nitrogens with two attached hydrogens (primary N) is 1. The predicted octanol–water partition coefficient (Wildman–Crippen LogP) is 1.41. The van der Waals surface area contributed by atoms with E-state index in [9.17, 15) is 9.90 Å². The van der Waals surface area contributed by atoms with E-state index in [1.165, 1.54) is 23.0 Å². The van der Waals surface area contributed by atoms with Gasteiger partial charge in [0.15, 0.2) is 5.69 Å². The van der Waals surface area contributed by atoms with Gasteiger partial charge in [-0.1, -0.05) is 6.07 Å². The topological polar surface area (TPSA) is 90.4 Å². The van der Waals surface area contributed by atoms with Crippen molar-refractivity contribution < 1.29 is 14.6 Å². The first-order valence-corrected chi connectivity index (χ1v) is 5.44. The second-order valence-corrected chi connectivity index (χ2v) is 3.65. The monoisotopic (exact) mass is 247 g/mol. The minimum Gasteiger partial charge on any atom is -0.508 e. The molecule has 2 aromatic rings. The van der Waals surface area contributed by atoms with Crippen LogP contribution in [-0.2, 0) is 6.54 Å². The average Bonchev–Trinajstić information content (AvgIpc) is 2.70. The number of aromatic hydroxyl groups is 1. The average molecular weight is 247 g/mol. The Balaban J connectivity index is 2.24. The van der Waals surface area contributed by atoms with Crippen LogP contribution in [0.2, 0.25) is 0 Å². The molecule has 6 nitrogen and oxygen atoms in total. The number of phenols is 1. The predicted molar refractivity (Wildman–Crippen MR) is 65.4 cm³/mol. The van der Waals surface area contributed by atoms with Crippen molar-refractivity contribution in [1.29, 1.82) is 0 Å². The summed E-state index contributed by atoms with van der Waals surface area (Å²) in [6.07, 6.45) is 1.41. The van der Waals surface area contributed by atoms with Crippen LogP contribution >= 0.6 is 0 Å². The fraction of sp³-hybridized carbons (Fsp3) is 0.167. The Morgan fingerprint density at radius 2 is 2.33 bits per heavy atom. The SMILES string of the molecule is CCn1ncc(N)c1C(=O)Oc1cccc(O)c1. The van der Waals surface area contributed by atoms with Gasteiger partial charge in [0.25, 0.3) is 0 Å². The van der Waals surface area contributed by atoms with Crippen molar-refractivity contribution in [2.24, 2.45) is 0 Å². The number of aryl methyl sites for hydroxylation is 1. The first-order chi connectivity index (χ1) is 8.61. The Kier molecular flexibility index (Phi) is 3.18. The number of esters is 1. The van der Waals surface area contributed by atoms with Crippen LogP contribution in [0, 0.1) is 0 Å². The van der Waals surface area contributed by atoms with E-state index in [1.54, 1.807) is 12.1 Å². The summed E-state index contributed by atoms with van der Waals surface area (Å²) in [6, 6.07) is 5.99. The molecule has 0 unspecified atom stereocenters. The lowest BCUT2D eigenvalue weighted by atomic mass is 10.3. The van der Waals surface area contributed by atoms with Crippen molar-refractivity contribution in [3.63, 3.8) is 0 Å². The standard InChI is InChI=1S/C12H13N3O3/c1-2-15-11(10(13)7-14-15)12(17)18-9-5-3-4-8(16)6-9/h3-7,16H,2,13H2,1H3. The summed E-state index contributed by atoms with van der Waals surface area (Å²) in [5.41, 5.74) is 6.14. The van der Waals surface area contributed by atoms with E-state index in [0.29, 0.717) is 6.54 Å². The summed E-state index contributed by atoms with van der Waals surface area (Å²) in [6.45, 7) is 2.36. The van der Waals surface area contributed by atoms with Crippen molar-refractivity contribution in [1.82, 2.24) is 9.78 Å². The maximum atomic E-state index is 11.9. The van der Waals surface area contributed by atoms with Crippen LogP contribution in [-0.4, -0.2) is 20.9 Å². The lowest BCUT2D eigenvalue weighted by Crippen LogP contribution is -2.16. The molecule has 3 N–H and O–H groups in total. The number of benzene rings is 1. The minimum atomic E-state index is -0.600. The normalized spacial score (nSPS) is 10.3. The second-order valence-electron chi connectivity index (χ2n) is 3.65. The van der Waals surface area contributed by atoms with Gasteiger partial charge in [0.05, 0.1) is 11.9 Å². The number of aromatic nitrogens is 2. The van der Waals surface area contributed by atoms with Crippen LogP contribution < -0.4 is 10.5 Å². The third-order valence-corrected chi connectivity index (χ3v) is 2.39. The maximum Gasteiger partial charge on any atom is 0.364 e. The maximum absolute atomic E-state index is 11.9. The zero-order chi connectivity index (χ0) is 13.1.